The summed E-state index contributed by atoms with van der Waals surface area (Å²) in [5, 5.41) is 15.5. The number of aliphatic hydroxyl groups is 1. The van der Waals surface area contributed by atoms with Gasteiger partial charge in [-0.05, 0) is 39.7 Å². The maximum Gasteiger partial charge on any atom is 0.257 e. The predicted octanol–water partition coefficient (Wildman–Crippen LogP) is 2.66. The van der Waals surface area contributed by atoms with E-state index < -0.39 is 5.60 Å². The number of likely N-dealkylation sites (tertiary alicyclic amines) is 1. The molecule has 0 saturated carbocycles. The number of carbonyl (C=O) groups is 1. The Hall–Kier alpha value is -2.18. The van der Waals surface area contributed by atoms with Crippen LogP contribution in [0, 0.1) is 6.92 Å². The maximum absolute atomic E-state index is 13.0. The number of aryl methyl sites for hydroxylation is 1. The Morgan fingerprint density at radius 1 is 1.29 bits per heavy atom. The molecule has 2 heterocycles. The average molecular weight is 385 g/mol. The Labute approximate surface area is 167 Å². The fourth-order valence-electron chi connectivity index (χ4n) is 3.78. The van der Waals surface area contributed by atoms with Crippen LogP contribution in [0.25, 0.3) is 0 Å². The number of hydrogen-bond donors (Lipinski definition) is 1. The van der Waals surface area contributed by atoms with Gasteiger partial charge >= 0.3 is 0 Å². The molecule has 1 saturated heterocycles. The Balaban J connectivity index is 1.63. The first kappa shape index (κ1) is 20.6. The molecular weight excluding hydrogens is 352 g/mol. The van der Waals surface area contributed by atoms with Gasteiger partial charge in [-0.1, -0.05) is 30.3 Å². The molecule has 1 aromatic carbocycles. The molecule has 28 heavy (non-hydrogen) atoms. The van der Waals surface area contributed by atoms with Crippen LogP contribution in [0.4, 0.5) is 0 Å². The van der Waals surface area contributed by atoms with Gasteiger partial charge in [-0.3, -0.25) is 14.4 Å². The normalized spacial score (nSPS) is 20.5. The topological polar surface area (TPSA) is 61.6 Å². The zero-order valence-electron chi connectivity index (χ0n) is 17.6. The third-order valence-electron chi connectivity index (χ3n) is 5.36. The molecule has 1 aromatic heterocycles. The van der Waals surface area contributed by atoms with Gasteiger partial charge < -0.3 is 10.0 Å². The summed E-state index contributed by atoms with van der Waals surface area (Å²) in [5.74, 6) is -0.0945. The first-order chi connectivity index (χ1) is 13.1. The summed E-state index contributed by atoms with van der Waals surface area (Å²) in [4.78, 5) is 16.8. The number of β-amino-alcohol motifs (C(OH)–C–C–N with tert-alkyl or cyclic N) is 1. The zero-order valence-corrected chi connectivity index (χ0v) is 17.6. The second kappa shape index (κ2) is 7.68. The number of carbonyl (C=O) groups excluding carboxylic acids is 1. The van der Waals surface area contributed by atoms with Crippen molar-refractivity contribution in [2.75, 3.05) is 26.7 Å². The zero-order chi connectivity index (χ0) is 20.5. The van der Waals surface area contributed by atoms with Crippen molar-refractivity contribution in [2.24, 2.45) is 0 Å². The summed E-state index contributed by atoms with van der Waals surface area (Å²) in [6.07, 6.45) is 2.48. The molecule has 1 aliphatic heterocycles. The van der Waals surface area contributed by atoms with Crippen LogP contribution in [-0.4, -0.2) is 62.9 Å². The standard InChI is InChI=1S/C22H32N4O2/c1-17-19(14-26(23-17)21(2,3)4)20(27)24(5)15-22(28)11-12-25(16-22)13-18-9-7-6-8-10-18/h6-10,14,28H,11-13,15-16H2,1-5H3. The molecule has 0 bridgehead atoms. The molecule has 1 unspecified atom stereocenters. The summed E-state index contributed by atoms with van der Waals surface area (Å²) < 4.78 is 1.83. The van der Waals surface area contributed by atoms with Crippen LogP contribution >= 0.6 is 0 Å². The first-order valence-corrected chi connectivity index (χ1v) is 9.88. The molecule has 6 heteroatoms. The van der Waals surface area contributed by atoms with E-state index in [0.717, 1.165) is 18.8 Å². The van der Waals surface area contributed by atoms with Gasteiger partial charge in [0, 0.05) is 32.9 Å². The minimum absolute atomic E-state index is 0.0945. The molecule has 0 radical (unpaired) electrons. The maximum atomic E-state index is 13.0. The van der Waals surface area contributed by atoms with Gasteiger partial charge in [-0.15, -0.1) is 0 Å². The molecule has 6 nitrogen and oxygen atoms in total. The van der Waals surface area contributed by atoms with Gasteiger partial charge in [0.05, 0.1) is 28.9 Å². The number of hydrogen-bond acceptors (Lipinski definition) is 4. The van der Waals surface area contributed by atoms with Crippen LogP contribution in [-0.2, 0) is 12.1 Å². The van der Waals surface area contributed by atoms with Crippen molar-refractivity contribution in [3.8, 4) is 0 Å². The summed E-state index contributed by atoms with van der Waals surface area (Å²) in [7, 11) is 1.76. The van der Waals surface area contributed by atoms with E-state index in [9.17, 15) is 9.90 Å². The molecule has 2 aromatic rings. The Morgan fingerprint density at radius 2 is 1.96 bits per heavy atom. The Kier molecular flexibility index (Phi) is 5.64. The van der Waals surface area contributed by atoms with Crippen LogP contribution in [0.3, 0.4) is 0 Å². The van der Waals surface area contributed by atoms with Gasteiger partial charge in [0.25, 0.3) is 5.91 Å². The van der Waals surface area contributed by atoms with E-state index in [1.54, 1.807) is 11.9 Å². The summed E-state index contributed by atoms with van der Waals surface area (Å²) in [6, 6.07) is 10.3. The number of aromatic nitrogens is 2. The summed E-state index contributed by atoms with van der Waals surface area (Å²) >= 11 is 0. The highest BCUT2D eigenvalue weighted by Gasteiger charge is 2.38. The minimum atomic E-state index is -0.882. The molecule has 1 fully saturated rings. The number of amides is 1. The van der Waals surface area contributed by atoms with E-state index in [0.29, 0.717) is 25.1 Å². The lowest BCUT2D eigenvalue weighted by Crippen LogP contribution is -2.45. The summed E-state index contributed by atoms with van der Waals surface area (Å²) in [6.45, 7) is 10.6. The molecule has 3 rings (SSSR count). The van der Waals surface area contributed by atoms with Crippen molar-refractivity contribution in [2.45, 2.75) is 51.8 Å². The van der Waals surface area contributed by atoms with E-state index >= 15 is 0 Å². The predicted molar refractivity (Wildman–Crippen MR) is 110 cm³/mol. The van der Waals surface area contributed by atoms with Crippen molar-refractivity contribution < 1.29 is 9.90 Å². The Bertz CT molecular complexity index is 825. The SMILES string of the molecule is Cc1nn(C(C)(C)C)cc1C(=O)N(C)CC1(O)CCN(Cc2ccccc2)C1. The molecule has 0 aliphatic carbocycles. The van der Waals surface area contributed by atoms with E-state index in [4.69, 9.17) is 0 Å². The third-order valence-corrected chi connectivity index (χ3v) is 5.36. The van der Waals surface area contributed by atoms with Crippen LogP contribution in [0.15, 0.2) is 36.5 Å². The summed E-state index contributed by atoms with van der Waals surface area (Å²) in [5.41, 5.74) is 1.49. The van der Waals surface area contributed by atoms with Gasteiger partial charge in [0.2, 0.25) is 0 Å². The highest BCUT2D eigenvalue weighted by Crippen LogP contribution is 2.25. The molecule has 1 N–H and O–H groups in total. The second-order valence-corrected chi connectivity index (χ2v) is 9.08. The van der Waals surface area contributed by atoms with Gasteiger partial charge in [0.15, 0.2) is 0 Å². The molecule has 1 amide bonds. The molecule has 1 atom stereocenters. The highest BCUT2D eigenvalue weighted by molar-refractivity contribution is 5.95. The van der Waals surface area contributed by atoms with E-state index in [1.165, 1.54) is 5.56 Å². The first-order valence-electron chi connectivity index (χ1n) is 9.88. The average Bonchev–Trinajstić information content (AvgIpc) is 3.18. The van der Waals surface area contributed by atoms with E-state index in [1.807, 2.05) is 36.0 Å². The van der Waals surface area contributed by atoms with Crippen molar-refractivity contribution in [3.05, 3.63) is 53.3 Å². The van der Waals surface area contributed by atoms with Gasteiger partial charge in [-0.2, -0.15) is 5.10 Å². The fraction of sp³-hybridized carbons (Fsp3) is 0.545. The van der Waals surface area contributed by atoms with Crippen molar-refractivity contribution >= 4 is 5.91 Å². The highest BCUT2D eigenvalue weighted by atomic mass is 16.3. The quantitative estimate of drug-likeness (QED) is 0.861. The van der Waals surface area contributed by atoms with E-state index in [2.05, 4.69) is 42.9 Å². The smallest absolute Gasteiger partial charge is 0.257 e. The van der Waals surface area contributed by atoms with E-state index in [-0.39, 0.29) is 11.4 Å². The van der Waals surface area contributed by atoms with Crippen molar-refractivity contribution in [1.82, 2.24) is 19.6 Å². The van der Waals surface area contributed by atoms with Gasteiger partial charge in [-0.25, -0.2) is 0 Å². The largest absolute Gasteiger partial charge is 0.387 e. The second-order valence-electron chi connectivity index (χ2n) is 9.08. The lowest BCUT2D eigenvalue weighted by atomic mass is 10.0. The van der Waals surface area contributed by atoms with Crippen LogP contribution in [0.5, 0.6) is 0 Å². The Morgan fingerprint density at radius 3 is 2.57 bits per heavy atom. The lowest BCUT2D eigenvalue weighted by Gasteiger charge is -2.29. The molecule has 152 valence electrons. The number of rotatable bonds is 5. The van der Waals surface area contributed by atoms with Crippen LogP contribution < -0.4 is 0 Å². The number of likely N-dealkylation sites (N-methyl/N-ethyl adjacent to an activating group) is 1. The molecule has 0 spiro atoms. The number of nitrogens with zero attached hydrogens (tertiary/aromatic N) is 4. The lowest BCUT2D eigenvalue weighted by molar-refractivity contribution is 0.0170. The van der Waals surface area contributed by atoms with Gasteiger partial charge in [0.1, 0.15) is 0 Å². The van der Waals surface area contributed by atoms with Crippen LogP contribution in [0.2, 0.25) is 0 Å². The molecular formula is C22H32N4O2. The fourth-order valence-corrected chi connectivity index (χ4v) is 3.78. The number of benzene rings is 1. The monoisotopic (exact) mass is 384 g/mol. The molecule has 1 aliphatic rings. The van der Waals surface area contributed by atoms with Crippen molar-refractivity contribution in [3.63, 3.8) is 0 Å². The minimum Gasteiger partial charge on any atom is -0.387 e. The van der Waals surface area contributed by atoms with Crippen LogP contribution in [0.1, 0.15) is 48.8 Å². The van der Waals surface area contributed by atoms with Crippen molar-refractivity contribution in [1.29, 1.82) is 0 Å². The third kappa shape index (κ3) is 4.62.